The van der Waals surface area contributed by atoms with Crippen LogP contribution in [0.1, 0.15) is 46.0 Å². The maximum atomic E-state index is 12.4. The summed E-state index contributed by atoms with van der Waals surface area (Å²) in [6, 6.07) is 0. The Hall–Kier alpha value is -1.36. The number of carboxylic acid groups (broad SMARTS) is 1. The van der Waals surface area contributed by atoms with Crippen molar-refractivity contribution in [3.63, 3.8) is 0 Å². The maximum absolute atomic E-state index is 12.4. The second kappa shape index (κ2) is 7.04. The number of esters is 1. The molecule has 0 spiro atoms. The van der Waals surface area contributed by atoms with E-state index in [1.165, 1.54) is 16.0 Å². The van der Waals surface area contributed by atoms with Crippen molar-refractivity contribution in [1.82, 2.24) is 0 Å². The van der Waals surface area contributed by atoms with Gasteiger partial charge in [0.15, 0.2) is 0 Å². The lowest BCUT2D eigenvalue weighted by Crippen LogP contribution is -3.06. The molecule has 0 aromatic rings. The molecule has 2 aliphatic rings. The van der Waals surface area contributed by atoms with Crippen molar-refractivity contribution < 1.29 is 24.3 Å². The fourth-order valence-corrected chi connectivity index (χ4v) is 3.90. The van der Waals surface area contributed by atoms with Gasteiger partial charge in [0.05, 0.1) is 20.0 Å². The first-order valence-corrected chi connectivity index (χ1v) is 8.60. The Labute approximate surface area is 138 Å². The van der Waals surface area contributed by atoms with Crippen LogP contribution in [0.15, 0.2) is 11.1 Å². The van der Waals surface area contributed by atoms with Crippen LogP contribution in [0, 0.1) is 17.3 Å². The highest BCUT2D eigenvalue weighted by Crippen LogP contribution is 2.49. The molecule has 0 heterocycles. The van der Waals surface area contributed by atoms with Crippen molar-refractivity contribution in [2.24, 2.45) is 17.3 Å². The van der Waals surface area contributed by atoms with Gasteiger partial charge in [0.2, 0.25) is 0 Å². The van der Waals surface area contributed by atoms with Crippen molar-refractivity contribution in [2.45, 2.75) is 46.0 Å². The summed E-state index contributed by atoms with van der Waals surface area (Å²) in [4.78, 5) is 25.2. The van der Waals surface area contributed by atoms with E-state index in [1.807, 2.05) is 14.1 Å². The summed E-state index contributed by atoms with van der Waals surface area (Å²) in [6.07, 6.45) is 4.11. The average molecular weight is 323 g/mol. The number of rotatable bonds is 5. The number of ether oxygens (including phenoxy) is 1. The lowest BCUT2D eigenvalue weighted by atomic mass is 9.63. The molecule has 2 atom stereocenters. The van der Waals surface area contributed by atoms with Crippen LogP contribution in [0.2, 0.25) is 0 Å². The van der Waals surface area contributed by atoms with E-state index >= 15 is 0 Å². The zero-order valence-electron chi connectivity index (χ0n) is 14.7. The number of hydrogen-bond acceptors (Lipinski definition) is 4. The van der Waals surface area contributed by atoms with E-state index in [2.05, 4.69) is 13.8 Å². The number of carbonyl (C=O) groups is 2. The molecule has 1 N–H and O–H groups in total. The van der Waals surface area contributed by atoms with E-state index in [0.717, 1.165) is 25.8 Å². The van der Waals surface area contributed by atoms with Crippen LogP contribution >= 0.6 is 0 Å². The summed E-state index contributed by atoms with van der Waals surface area (Å²) in [5.74, 6) is -2.86. The molecule has 5 heteroatoms. The number of nitrogens with one attached hydrogen (secondary N) is 1. The highest BCUT2D eigenvalue weighted by atomic mass is 16.5. The summed E-state index contributed by atoms with van der Waals surface area (Å²) in [6.45, 7) is 5.39. The van der Waals surface area contributed by atoms with Gasteiger partial charge < -0.3 is 19.5 Å². The topological polar surface area (TPSA) is 70.9 Å². The number of carbonyl (C=O) groups excluding carboxylic acids is 2. The molecule has 0 aromatic carbocycles. The van der Waals surface area contributed by atoms with Gasteiger partial charge >= 0.3 is 5.97 Å². The first kappa shape index (κ1) is 18.0. The molecule has 23 heavy (non-hydrogen) atoms. The smallest absolute Gasteiger partial charge is 0.310 e. The normalized spacial score (nSPS) is 26.8. The van der Waals surface area contributed by atoms with Crippen molar-refractivity contribution in [3.05, 3.63) is 11.1 Å². The first-order chi connectivity index (χ1) is 10.7. The predicted molar refractivity (Wildman–Crippen MR) is 84.5 cm³/mol. The standard InChI is InChI=1S/C18H29NO4/c1-18(2)7-5-6-12-10-14(13(16(20)21)11-15(12)18)17(22)23-9-8-19(3)4/h13-14H,5-11H2,1-4H3,(H,20,21)/t13-,14+/m1/s1. The van der Waals surface area contributed by atoms with E-state index in [1.54, 1.807) is 0 Å². The minimum Gasteiger partial charge on any atom is -0.550 e. The molecule has 0 saturated carbocycles. The van der Waals surface area contributed by atoms with Crippen molar-refractivity contribution in [3.8, 4) is 0 Å². The molecule has 0 aliphatic heterocycles. The van der Waals surface area contributed by atoms with Gasteiger partial charge in [-0.25, -0.2) is 0 Å². The third kappa shape index (κ3) is 4.14. The summed E-state index contributed by atoms with van der Waals surface area (Å²) >= 11 is 0. The molecular formula is C18H29NO4. The van der Waals surface area contributed by atoms with Gasteiger partial charge in [0.1, 0.15) is 13.2 Å². The molecule has 0 bridgehead atoms. The molecule has 0 radical (unpaired) electrons. The second-order valence-corrected chi connectivity index (χ2v) is 7.88. The summed E-state index contributed by atoms with van der Waals surface area (Å²) in [7, 11) is 3.97. The van der Waals surface area contributed by atoms with Gasteiger partial charge in [-0.1, -0.05) is 25.0 Å². The second-order valence-electron chi connectivity index (χ2n) is 7.88. The Morgan fingerprint density at radius 1 is 1.26 bits per heavy atom. The van der Waals surface area contributed by atoms with Gasteiger partial charge in [-0.05, 0) is 37.5 Å². The number of hydrogen-bond donors (Lipinski definition) is 1. The molecule has 0 saturated heterocycles. The fourth-order valence-electron chi connectivity index (χ4n) is 3.90. The van der Waals surface area contributed by atoms with E-state index in [0.29, 0.717) is 19.4 Å². The molecule has 0 amide bonds. The Bertz CT molecular complexity index is 507. The predicted octanol–water partition coefficient (Wildman–Crippen LogP) is -0.0431. The van der Waals surface area contributed by atoms with Crippen LogP contribution in [-0.2, 0) is 14.3 Å². The van der Waals surface area contributed by atoms with Crippen LogP contribution in [0.5, 0.6) is 0 Å². The first-order valence-electron chi connectivity index (χ1n) is 8.60. The van der Waals surface area contributed by atoms with Crippen LogP contribution in [-0.4, -0.2) is 39.2 Å². The van der Waals surface area contributed by atoms with Crippen molar-refractivity contribution in [1.29, 1.82) is 0 Å². The highest BCUT2D eigenvalue weighted by molar-refractivity contribution is 5.81. The average Bonchev–Trinajstić information content (AvgIpc) is 2.45. The van der Waals surface area contributed by atoms with E-state index in [9.17, 15) is 14.7 Å². The van der Waals surface area contributed by atoms with E-state index < -0.39 is 17.8 Å². The summed E-state index contributed by atoms with van der Waals surface area (Å²) in [5, 5.41) is 11.6. The van der Waals surface area contributed by atoms with Crippen LogP contribution in [0.4, 0.5) is 0 Å². The number of quaternary nitrogens is 1. The van der Waals surface area contributed by atoms with Crippen LogP contribution < -0.4 is 10.0 Å². The SMILES string of the molecule is C[NH+](C)CCOC(=O)[C@H]1CC2=C(C[C@H]1C(=O)[O-])C(C)(C)CCC2. The Balaban J connectivity index is 2.14. The van der Waals surface area contributed by atoms with Gasteiger partial charge in [0, 0.05) is 11.9 Å². The zero-order chi connectivity index (χ0) is 17.2. The molecule has 130 valence electrons. The molecular weight excluding hydrogens is 294 g/mol. The third-order valence-electron chi connectivity index (χ3n) is 5.35. The van der Waals surface area contributed by atoms with E-state index in [-0.39, 0.29) is 11.4 Å². The minimum absolute atomic E-state index is 0.0322. The van der Waals surface area contributed by atoms with Gasteiger partial charge in [0.25, 0.3) is 0 Å². The number of aliphatic carboxylic acids is 1. The number of allylic oxidation sites excluding steroid dienone is 2. The molecule has 2 rings (SSSR count). The van der Waals surface area contributed by atoms with Gasteiger partial charge in [-0.2, -0.15) is 0 Å². The lowest BCUT2D eigenvalue weighted by molar-refractivity contribution is -0.858. The Morgan fingerprint density at radius 2 is 1.96 bits per heavy atom. The highest BCUT2D eigenvalue weighted by Gasteiger charge is 2.41. The molecule has 5 nitrogen and oxygen atoms in total. The summed E-state index contributed by atoms with van der Waals surface area (Å²) < 4.78 is 5.33. The fraction of sp³-hybridized carbons (Fsp3) is 0.778. The van der Waals surface area contributed by atoms with Gasteiger partial charge in [-0.3, -0.25) is 4.79 Å². The molecule has 0 fully saturated rings. The van der Waals surface area contributed by atoms with Crippen molar-refractivity contribution >= 4 is 11.9 Å². The summed E-state index contributed by atoms with van der Waals surface area (Å²) in [5.41, 5.74) is 2.54. The third-order valence-corrected chi connectivity index (χ3v) is 5.35. The Kier molecular flexibility index (Phi) is 5.50. The van der Waals surface area contributed by atoms with Gasteiger partial charge in [-0.15, -0.1) is 0 Å². The molecule has 2 aliphatic carbocycles. The zero-order valence-corrected chi connectivity index (χ0v) is 14.7. The van der Waals surface area contributed by atoms with Crippen molar-refractivity contribution in [2.75, 3.05) is 27.2 Å². The minimum atomic E-state index is -1.13. The quantitative estimate of drug-likeness (QED) is 0.569. The number of carboxylic acids is 1. The van der Waals surface area contributed by atoms with Crippen LogP contribution in [0.25, 0.3) is 0 Å². The lowest BCUT2D eigenvalue weighted by Gasteiger charge is -2.43. The Morgan fingerprint density at radius 3 is 2.57 bits per heavy atom. The maximum Gasteiger partial charge on any atom is 0.310 e. The van der Waals surface area contributed by atoms with E-state index in [4.69, 9.17) is 4.74 Å². The monoisotopic (exact) mass is 323 g/mol. The molecule has 0 aromatic heterocycles. The molecule has 0 unspecified atom stereocenters. The largest absolute Gasteiger partial charge is 0.550 e. The van der Waals surface area contributed by atoms with Crippen LogP contribution in [0.3, 0.4) is 0 Å². The number of likely N-dealkylation sites (N-methyl/N-ethyl adjacent to an activating group) is 1.